The lowest BCUT2D eigenvalue weighted by molar-refractivity contribution is -0.275. The molecule has 2 atom stereocenters. The van der Waals surface area contributed by atoms with Crippen LogP contribution in [-0.2, 0) is 0 Å². The molecule has 3 N–H and O–H groups in total. The molecule has 0 saturated carbocycles. The van der Waals surface area contributed by atoms with Gasteiger partial charge in [0.15, 0.2) is 0 Å². The van der Waals surface area contributed by atoms with Crippen molar-refractivity contribution in [1.82, 2.24) is 0 Å². The molecule has 0 fully saturated rings. The summed E-state index contributed by atoms with van der Waals surface area (Å²) in [6.07, 6.45) is -12.6. The predicted molar refractivity (Wildman–Crippen MR) is 64.0 cm³/mol. The summed E-state index contributed by atoms with van der Waals surface area (Å²) in [6, 6.07) is 2.04. The van der Waals surface area contributed by atoms with Gasteiger partial charge < -0.3 is 15.6 Å². The van der Waals surface area contributed by atoms with Crippen molar-refractivity contribution >= 4 is 12.4 Å². The molecule has 0 radical (unpaired) electrons. The highest BCUT2D eigenvalue weighted by Gasteiger charge is 2.39. The zero-order valence-corrected chi connectivity index (χ0v) is 11.1. The van der Waals surface area contributed by atoms with Crippen LogP contribution >= 0.6 is 12.4 Å². The molecule has 1 aromatic carbocycles. The Morgan fingerprint density at radius 3 is 2.10 bits per heavy atom. The van der Waals surface area contributed by atoms with E-state index in [1.54, 1.807) is 0 Å². The number of ether oxygens (including phenoxy) is 1. The minimum atomic E-state index is -5.01. The molecule has 0 aliphatic rings. The van der Waals surface area contributed by atoms with Crippen molar-refractivity contribution in [2.75, 3.05) is 0 Å². The first kappa shape index (κ1) is 19.8. The van der Waals surface area contributed by atoms with E-state index in [2.05, 4.69) is 4.74 Å². The van der Waals surface area contributed by atoms with Gasteiger partial charge in [0.2, 0.25) is 0 Å². The Morgan fingerprint density at radius 1 is 1.10 bits per heavy atom. The van der Waals surface area contributed by atoms with Crippen LogP contribution in [0.5, 0.6) is 5.75 Å². The van der Waals surface area contributed by atoms with Crippen LogP contribution in [0.4, 0.5) is 26.3 Å². The van der Waals surface area contributed by atoms with Crippen LogP contribution in [0.15, 0.2) is 24.3 Å². The Kier molecular flexibility index (Phi) is 6.78. The summed E-state index contributed by atoms with van der Waals surface area (Å²) < 4.78 is 76.8. The second kappa shape index (κ2) is 7.19. The third-order valence-corrected chi connectivity index (χ3v) is 2.40. The van der Waals surface area contributed by atoms with Crippen LogP contribution in [0.3, 0.4) is 0 Å². The molecule has 21 heavy (non-hydrogen) atoms. The van der Waals surface area contributed by atoms with E-state index in [4.69, 9.17) is 5.73 Å². The number of rotatable bonds is 4. The number of alkyl halides is 6. The number of aliphatic hydroxyl groups is 1. The second-order valence-electron chi connectivity index (χ2n) is 3.99. The van der Waals surface area contributed by atoms with Gasteiger partial charge in [0.25, 0.3) is 0 Å². The van der Waals surface area contributed by atoms with Gasteiger partial charge in [-0.05, 0) is 6.07 Å². The maximum atomic E-state index is 12.2. The maximum absolute atomic E-state index is 12.2. The smallest absolute Gasteiger partial charge is 0.405 e. The summed E-state index contributed by atoms with van der Waals surface area (Å²) >= 11 is 0. The van der Waals surface area contributed by atoms with E-state index in [-0.39, 0.29) is 12.4 Å². The van der Waals surface area contributed by atoms with Gasteiger partial charge in [-0.15, -0.1) is 25.6 Å². The predicted octanol–water partition coefficient (Wildman–Crippen LogP) is 3.32. The average Bonchev–Trinajstić information content (AvgIpc) is 2.25. The fourth-order valence-corrected chi connectivity index (χ4v) is 1.47. The van der Waals surface area contributed by atoms with E-state index in [0.29, 0.717) is 0 Å². The van der Waals surface area contributed by atoms with Crippen molar-refractivity contribution in [3.63, 3.8) is 0 Å². The number of aliphatic hydroxyl groups excluding tert-OH is 1. The number of hydrogen-bond acceptors (Lipinski definition) is 3. The third kappa shape index (κ3) is 6.40. The molecule has 0 bridgehead atoms. The molecular weight excluding hydrogens is 328 g/mol. The quantitative estimate of drug-likeness (QED) is 0.827. The summed E-state index contributed by atoms with van der Waals surface area (Å²) in [7, 11) is 0. The van der Waals surface area contributed by atoms with Gasteiger partial charge in [-0.25, -0.2) is 0 Å². The molecule has 122 valence electrons. The van der Waals surface area contributed by atoms with E-state index in [0.717, 1.165) is 12.1 Å². The van der Waals surface area contributed by atoms with Crippen molar-refractivity contribution in [1.29, 1.82) is 0 Å². The fraction of sp³-hybridized carbons (Fsp3) is 0.455. The molecule has 10 heteroatoms. The Labute approximate surface area is 122 Å². The topological polar surface area (TPSA) is 55.5 Å². The first-order valence-corrected chi connectivity index (χ1v) is 5.35. The van der Waals surface area contributed by atoms with E-state index in [9.17, 15) is 31.4 Å². The number of para-hydroxylation sites is 1. The fourth-order valence-electron chi connectivity index (χ4n) is 1.47. The number of nitrogens with two attached hydrogens (primary N) is 1. The first-order chi connectivity index (χ1) is 9.00. The Bertz CT molecular complexity index is 451. The molecule has 0 saturated heterocycles. The van der Waals surface area contributed by atoms with Gasteiger partial charge in [-0.2, -0.15) is 13.2 Å². The molecule has 1 rings (SSSR count). The standard InChI is InChI=1S/C11H11F6NO2.ClH/c12-10(13,14)9(18)5-7(19)6-3-1-2-4-8(6)20-11(15,16)17;/h1-4,7,9,19H,5,18H2;1H/t7-,9-;/m1./s1. The lowest BCUT2D eigenvalue weighted by Gasteiger charge is -2.21. The largest absolute Gasteiger partial charge is 0.573 e. The van der Waals surface area contributed by atoms with Crippen molar-refractivity contribution in [3.8, 4) is 5.75 Å². The van der Waals surface area contributed by atoms with Crippen molar-refractivity contribution < 1.29 is 36.2 Å². The normalized spacial score (nSPS) is 15.0. The highest BCUT2D eigenvalue weighted by Crippen LogP contribution is 2.33. The lowest BCUT2D eigenvalue weighted by atomic mass is 10.0. The van der Waals surface area contributed by atoms with Crippen LogP contribution in [0.1, 0.15) is 18.1 Å². The number of hydrogen-bond donors (Lipinski definition) is 2. The summed E-state index contributed by atoms with van der Waals surface area (Å²) in [4.78, 5) is 0. The number of halogens is 7. The van der Waals surface area contributed by atoms with Crippen LogP contribution in [0.2, 0.25) is 0 Å². The van der Waals surface area contributed by atoms with Gasteiger partial charge in [-0.1, -0.05) is 18.2 Å². The molecule has 0 aliphatic heterocycles. The molecule has 1 aromatic rings. The van der Waals surface area contributed by atoms with Crippen LogP contribution in [0.25, 0.3) is 0 Å². The summed E-state index contributed by atoms with van der Waals surface area (Å²) in [5.41, 5.74) is 4.41. The van der Waals surface area contributed by atoms with E-state index in [1.807, 2.05) is 0 Å². The van der Waals surface area contributed by atoms with Gasteiger partial charge in [-0.3, -0.25) is 0 Å². The zero-order valence-electron chi connectivity index (χ0n) is 10.3. The minimum Gasteiger partial charge on any atom is -0.405 e. The molecule has 0 amide bonds. The van der Waals surface area contributed by atoms with E-state index in [1.165, 1.54) is 12.1 Å². The second-order valence-corrected chi connectivity index (χ2v) is 3.99. The molecular formula is C11H12ClF6NO2. The molecule has 0 spiro atoms. The van der Waals surface area contributed by atoms with Crippen LogP contribution < -0.4 is 10.5 Å². The summed E-state index contributed by atoms with van der Waals surface area (Å²) in [5.74, 6) is -0.762. The average molecular weight is 340 g/mol. The van der Waals surface area contributed by atoms with Crippen molar-refractivity contribution in [2.45, 2.75) is 31.1 Å². The molecule has 0 aromatic heterocycles. The monoisotopic (exact) mass is 339 g/mol. The lowest BCUT2D eigenvalue weighted by Crippen LogP contribution is -2.38. The van der Waals surface area contributed by atoms with Gasteiger partial charge in [0.05, 0.1) is 6.10 Å². The van der Waals surface area contributed by atoms with E-state index >= 15 is 0 Å². The SMILES string of the molecule is Cl.N[C@H](C[C@@H](O)c1ccccc1OC(F)(F)F)C(F)(F)F. The highest BCUT2D eigenvalue weighted by atomic mass is 35.5. The zero-order chi connectivity index (χ0) is 15.6. The van der Waals surface area contributed by atoms with Crippen molar-refractivity contribution in [2.24, 2.45) is 5.73 Å². The molecule has 0 aliphatic carbocycles. The Hall–Kier alpha value is -1.19. The van der Waals surface area contributed by atoms with Gasteiger partial charge in [0, 0.05) is 12.0 Å². The summed E-state index contributed by atoms with van der Waals surface area (Å²) in [6.45, 7) is 0. The third-order valence-electron chi connectivity index (χ3n) is 2.40. The number of benzene rings is 1. The Balaban J connectivity index is 0.00000400. The Morgan fingerprint density at radius 2 is 1.62 bits per heavy atom. The molecule has 0 heterocycles. The van der Waals surface area contributed by atoms with Gasteiger partial charge in [0.1, 0.15) is 11.8 Å². The highest BCUT2D eigenvalue weighted by molar-refractivity contribution is 5.85. The first-order valence-electron chi connectivity index (χ1n) is 5.35. The minimum absolute atomic E-state index is 0. The van der Waals surface area contributed by atoms with Crippen molar-refractivity contribution in [3.05, 3.63) is 29.8 Å². The molecule has 0 unspecified atom stereocenters. The van der Waals surface area contributed by atoms with Crippen LogP contribution in [-0.4, -0.2) is 23.7 Å². The molecule has 3 nitrogen and oxygen atoms in total. The van der Waals surface area contributed by atoms with E-state index < -0.39 is 42.4 Å². The maximum Gasteiger partial charge on any atom is 0.573 e. The van der Waals surface area contributed by atoms with Crippen LogP contribution in [0, 0.1) is 0 Å². The van der Waals surface area contributed by atoms with Gasteiger partial charge >= 0.3 is 12.5 Å². The summed E-state index contributed by atoms with van der Waals surface area (Å²) in [5, 5.41) is 9.60.